The first-order chi connectivity index (χ1) is 8.54. The fourth-order valence-corrected chi connectivity index (χ4v) is 3.27. The SMILES string of the molecule is Cc1cc(C)cc(CC(O)C2CCC(C)CC2)c1. The van der Waals surface area contributed by atoms with Crippen molar-refractivity contribution in [3.63, 3.8) is 0 Å². The van der Waals surface area contributed by atoms with Crippen LogP contribution in [0.3, 0.4) is 0 Å². The van der Waals surface area contributed by atoms with Crippen LogP contribution in [0.25, 0.3) is 0 Å². The van der Waals surface area contributed by atoms with Gasteiger partial charge in [0.15, 0.2) is 0 Å². The van der Waals surface area contributed by atoms with Crippen LogP contribution in [0.15, 0.2) is 18.2 Å². The van der Waals surface area contributed by atoms with Gasteiger partial charge in [0.2, 0.25) is 0 Å². The quantitative estimate of drug-likeness (QED) is 0.853. The number of aliphatic hydroxyl groups is 1. The van der Waals surface area contributed by atoms with E-state index in [1.54, 1.807) is 0 Å². The number of hydrogen-bond donors (Lipinski definition) is 1. The molecule has 1 saturated carbocycles. The lowest BCUT2D eigenvalue weighted by molar-refractivity contribution is 0.0761. The largest absolute Gasteiger partial charge is 0.392 e. The summed E-state index contributed by atoms with van der Waals surface area (Å²) in [5.41, 5.74) is 3.89. The van der Waals surface area contributed by atoms with E-state index >= 15 is 0 Å². The summed E-state index contributed by atoms with van der Waals surface area (Å²) in [6, 6.07) is 6.61. The average Bonchev–Trinajstić information content (AvgIpc) is 2.28. The van der Waals surface area contributed by atoms with E-state index in [2.05, 4.69) is 39.0 Å². The highest BCUT2D eigenvalue weighted by Gasteiger charge is 2.24. The van der Waals surface area contributed by atoms with Crippen molar-refractivity contribution < 1.29 is 5.11 Å². The highest BCUT2D eigenvalue weighted by molar-refractivity contribution is 5.29. The Bertz CT molecular complexity index is 368. The molecule has 0 radical (unpaired) electrons. The zero-order valence-corrected chi connectivity index (χ0v) is 11.9. The van der Waals surface area contributed by atoms with Gasteiger partial charge < -0.3 is 5.11 Å². The normalized spacial score (nSPS) is 26.0. The second-order valence-electron chi connectivity index (χ2n) is 6.29. The van der Waals surface area contributed by atoms with Gasteiger partial charge >= 0.3 is 0 Å². The van der Waals surface area contributed by atoms with Gasteiger partial charge in [-0.15, -0.1) is 0 Å². The molecule has 0 spiro atoms. The molecular weight excluding hydrogens is 220 g/mol. The summed E-state index contributed by atoms with van der Waals surface area (Å²) in [5, 5.41) is 10.4. The van der Waals surface area contributed by atoms with Crippen LogP contribution in [0.5, 0.6) is 0 Å². The van der Waals surface area contributed by atoms with Crippen molar-refractivity contribution in [1.82, 2.24) is 0 Å². The Morgan fingerprint density at radius 1 is 1.06 bits per heavy atom. The molecule has 2 rings (SSSR count). The average molecular weight is 246 g/mol. The minimum Gasteiger partial charge on any atom is -0.392 e. The van der Waals surface area contributed by atoms with Crippen LogP contribution in [0.1, 0.15) is 49.3 Å². The van der Waals surface area contributed by atoms with Crippen LogP contribution < -0.4 is 0 Å². The van der Waals surface area contributed by atoms with Gasteiger partial charge in [0.25, 0.3) is 0 Å². The second kappa shape index (κ2) is 5.88. The van der Waals surface area contributed by atoms with E-state index in [1.807, 2.05) is 0 Å². The Labute approximate surface area is 111 Å². The third-order valence-electron chi connectivity index (χ3n) is 4.33. The molecule has 0 aliphatic heterocycles. The summed E-state index contributed by atoms with van der Waals surface area (Å²) < 4.78 is 0. The number of aliphatic hydroxyl groups excluding tert-OH is 1. The van der Waals surface area contributed by atoms with Gasteiger partial charge in [0.1, 0.15) is 0 Å². The van der Waals surface area contributed by atoms with Crippen molar-refractivity contribution in [2.75, 3.05) is 0 Å². The molecule has 1 aliphatic rings. The zero-order valence-electron chi connectivity index (χ0n) is 11.9. The first-order valence-corrected chi connectivity index (χ1v) is 7.30. The summed E-state index contributed by atoms with van der Waals surface area (Å²) in [4.78, 5) is 0. The fraction of sp³-hybridized carbons (Fsp3) is 0.647. The molecule has 0 heterocycles. The highest BCUT2D eigenvalue weighted by Crippen LogP contribution is 2.31. The zero-order chi connectivity index (χ0) is 13.1. The molecule has 1 fully saturated rings. The van der Waals surface area contributed by atoms with Crippen molar-refractivity contribution in [2.45, 2.75) is 59.0 Å². The molecular formula is C17H26O. The van der Waals surface area contributed by atoms with Crippen LogP contribution >= 0.6 is 0 Å². The van der Waals surface area contributed by atoms with Crippen LogP contribution in [-0.2, 0) is 6.42 Å². The van der Waals surface area contributed by atoms with Gasteiger partial charge in [-0.1, -0.05) is 49.1 Å². The number of rotatable bonds is 3. The summed E-state index contributed by atoms with van der Waals surface area (Å²) in [5.74, 6) is 1.37. The van der Waals surface area contributed by atoms with Gasteiger partial charge in [0.05, 0.1) is 6.10 Å². The Balaban J connectivity index is 1.96. The molecule has 100 valence electrons. The van der Waals surface area contributed by atoms with E-state index in [0.717, 1.165) is 12.3 Å². The van der Waals surface area contributed by atoms with Crippen LogP contribution in [0.2, 0.25) is 0 Å². The van der Waals surface area contributed by atoms with E-state index < -0.39 is 0 Å². The fourth-order valence-electron chi connectivity index (χ4n) is 3.27. The lowest BCUT2D eigenvalue weighted by Crippen LogP contribution is -2.26. The molecule has 0 aromatic heterocycles. The third-order valence-corrected chi connectivity index (χ3v) is 4.33. The standard InChI is InChI=1S/C17H26O/c1-12-4-6-16(7-5-12)17(18)11-15-9-13(2)8-14(3)10-15/h8-10,12,16-18H,4-7,11H2,1-3H3. The van der Waals surface area contributed by atoms with Crippen molar-refractivity contribution >= 4 is 0 Å². The van der Waals surface area contributed by atoms with Gasteiger partial charge in [-0.05, 0) is 50.5 Å². The van der Waals surface area contributed by atoms with Crippen LogP contribution in [-0.4, -0.2) is 11.2 Å². The van der Waals surface area contributed by atoms with E-state index in [1.165, 1.54) is 42.4 Å². The summed E-state index contributed by atoms with van der Waals surface area (Å²) in [7, 11) is 0. The minimum atomic E-state index is -0.154. The smallest absolute Gasteiger partial charge is 0.0608 e. The maximum absolute atomic E-state index is 10.4. The van der Waals surface area contributed by atoms with Crippen LogP contribution in [0, 0.1) is 25.7 Å². The molecule has 1 heteroatoms. The maximum Gasteiger partial charge on any atom is 0.0608 e. The summed E-state index contributed by atoms with van der Waals surface area (Å²) >= 11 is 0. The molecule has 0 amide bonds. The Morgan fingerprint density at radius 3 is 2.17 bits per heavy atom. The highest BCUT2D eigenvalue weighted by atomic mass is 16.3. The monoisotopic (exact) mass is 246 g/mol. The molecule has 1 atom stereocenters. The molecule has 0 saturated heterocycles. The minimum absolute atomic E-state index is 0.154. The van der Waals surface area contributed by atoms with Crippen molar-refractivity contribution in [2.24, 2.45) is 11.8 Å². The van der Waals surface area contributed by atoms with Gasteiger partial charge in [0, 0.05) is 0 Å². The predicted octanol–water partition coefficient (Wildman–Crippen LogP) is 4.03. The number of hydrogen-bond acceptors (Lipinski definition) is 1. The molecule has 1 aromatic carbocycles. The van der Waals surface area contributed by atoms with E-state index in [4.69, 9.17) is 0 Å². The Morgan fingerprint density at radius 2 is 1.61 bits per heavy atom. The predicted molar refractivity (Wildman–Crippen MR) is 76.7 cm³/mol. The number of aryl methyl sites for hydroxylation is 2. The molecule has 1 nitrogen and oxygen atoms in total. The Kier molecular flexibility index (Phi) is 4.45. The molecule has 1 unspecified atom stereocenters. The summed E-state index contributed by atoms with van der Waals surface area (Å²) in [6.45, 7) is 6.59. The molecule has 1 aromatic rings. The lowest BCUT2D eigenvalue weighted by atomic mass is 9.79. The van der Waals surface area contributed by atoms with Gasteiger partial charge in [-0.25, -0.2) is 0 Å². The van der Waals surface area contributed by atoms with Crippen LogP contribution in [0.4, 0.5) is 0 Å². The van der Waals surface area contributed by atoms with Crippen molar-refractivity contribution in [3.8, 4) is 0 Å². The molecule has 18 heavy (non-hydrogen) atoms. The topological polar surface area (TPSA) is 20.2 Å². The maximum atomic E-state index is 10.4. The molecule has 1 aliphatic carbocycles. The van der Waals surface area contributed by atoms with E-state index in [0.29, 0.717) is 5.92 Å². The Hall–Kier alpha value is -0.820. The van der Waals surface area contributed by atoms with Crippen molar-refractivity contribution in [3.05, 3.63) is 34.9 Å². The van der Waals surface area contributed by atoms with Gasteiger partial charge in [-0.3, -0.25) is 0 Å². The molecule has 1 N–H and O–H groups in total. The summed E-state index contributed by atoms with van der Waals surface area (Å²) in [6.07, 6.45) is 5.64. The second-order valence-corrected chi connectivity index (χ2v) is 6.29. The van der Waals surface area contributed by atoms with Crippen molar-refractivity contribution in [1.29, 1.82) is 0 Å². The van der Waals surface area contributed by atoms with Gasteiger partial charge in [-0.2, -0.15) is 0 Å². The van der Waals surface area contributed by atoms with E-state index in [9.17, 15) is 5.11 Å². The molecule has 0 bridgehead atoms. The first kappa shape index (κ1) is 13.6. The first-order valence-electron chi connectivity index (χ1n) is 7.30. The third kappa shape index (κ3) is 3.58. The lowest BCUT2D eigenvalue weighted by Gasteiger charge is -2.30. The number of benzene rings is 1. The van der Waals surface area contributed by atoms with E-state index in [-0.39, 0.29) is 6.10 Å².